The molecule has 2 aromatic rings. The first-order valence-corrected chi connectivity index (χ1v) is 8.68. The zero-order valence-electron chi connectivity index (χ0n) is 13.6. The van der Waals surface area contributed by atoms with E-state index in [0.717, 1.165) is 52.6 Å². The number of nitrogens with one attached hydrogen (secondary N) is 1. The van der Waals surface area contributed by atoms with Crippen LogP contribution < -0.4 is 5.56 Å². The summed E-state index contributed by atoms with van der Waals surface area (Å²) in [6, 6.07) is 0.0952. The molecule has 0 saturated carbocycles. The van der Waals surface area contributed by atoms with Gasteiger partial charge in [0.1, 0.15) is 10.7 Å². The lowest BCUT2D eigenvalue weighted by Crippen LogP contribution is -2.43. The maximum atomic E-state index is 12.4. The molecule has 0 aromatic carbocycles. The summed E-state index contributed by atoms with van der Waals surface area (Å²) in [4.78, 5) is 24.5. The Labute approximate surface area is 134 Å². The van der Waals surface area contributed by atoms with E-state index in [2.05, 4.69) is 23.7 Å². The van der Waals surface area contributed by atoms with Crippen LogP contribution in [0.5, 0.6) is 0 Å². The molecule has 0 unspecified atom stereocenters. The quantitative estimate of drug-likeness (QED) is 0.944. The van der Waals surface area contributed by atoms with Crippen LogP contribution in [0.1, 0.15) is 42.6 Å². The van der Waals surface area contributed by atoms with Crippen molar-refractivity contribution in [3.63, 3.8) is 0 Å². The SMILES string of the molecule is CC[C@@H]1CN([C@H](C)c2nc3sc(C)c(C)c3c(=O)[nH]2)CCO1. The van der Waals surface area contributed by atoms with Gasteiger partial charge in [0, 0.05) is 18.0 Å². The summed E-state index contributed by atoms with van der Waals surface area (Å²) in [7, 11) is 0. The van der Waals surface area contributed by atoms with E-state index in [4.69, 9.17) is 9.72 Å². The molecule has 0 aliphatic carbocycles. The predicted molar refractivity (Wildman–Crippen MR) is 89.7 cm³/mol. The van der Waals surface area contributed by atoms with Crippen LogP contribution in [0.25, 0.3) is 10.2 Å². The van der Waals surface area contributed by atoms with Gasteiger partial charge in [0.15, 0.2) is 0 Å². The van der Waals surface area contributed by atoms with Gasteiger partial charge < -0.3 is 9.72 Å². The van der Waals surface area contributed by atoms with Crippen LogP contribution in [0.15, 0.2) is 4.79 Å². The number of aromatic nitrogens is 2. The minimum absolute atomic E-state index is 0.0194. The van der Waals surface area contributed by atoms with Crippen LogP contribution in [0, 0.1) is 13.8 Å². The van der Waals surface area contributed by atoms with Gasteiger partial charge in [-0.15, -0.1) is 11.3 Å². The summed E-state index contributed by atoms with van der Waals surface area (Å²) < 4.78 is 5.72. The summed E-state index contributed by atoms with van der Waals surface area (Å²) in [6.45, 7) is 10.8. The number of ether oxygens (including phenoxy) is 1. The van der Waals surface area contributed by atoms with Crippen molar-refractivity contribution in [2.75, 3.05) is 19.7 Å². The third-order valence-corrected chi connectivity index (χ3v) is 5.73. The average molecular weight is 321 g/mol. The van der Waals surface area contributed by atoms with E-state index in [1.165, 1.54) is 0 Å². The lowest BCUT2D eigenvalue weighted by atomic mass is 10.1. The van der Waals surface area contributed by atoms with Crippen molar-refractivity contribution in [3.8, 4) is 0 Å². The predicted octanol–water partition coefficient (Wildman–Crippen LogP) is 2.77. The Morgan fingerprint density at radius 3 is 3.00 bits per heavy atom. The Hall–Kier alpha value is -1.24. The second-order valence-electron chi connectivity index (χ2n) is 5.99. The number of nitrogens with zero attached hydrogens (tertiary/aromatic N) is 2. The Kier molecular flexibility index (Phi) is 4.34. The molecule has 1 saturated heterocycles. The summed E-state index contributed by atoms with van der Waals surface area (Å²) in [5.41, 5.74) is 1.03. The first-order valence-electron chi connectivity index (χ1n) is 7.86. The summed E-state index contributed by atoms with van der Waals surface area (Å²) in [5, 5.41) is 0.742. The highest BCUT2D eigenvalue weighted by atomic mass is 32.1. The maximum absolute atomic E-state index is 12.4. The highest BCUT2D eigenvalue weighted by molar-refractivity contribution is 7.18. The van der Waals surface area contributed by atoms with E-state index in [1.807, 2.05) is 13.8 Å². The molecule has 3 rings (SSSR count). The lowest BCUT2D eigenvalue weighted by Gasteiger charge is -2.36. The topological polar surface area (TPSA) is 58.2 Å². The molecule has 5 nitrogen and oxygen atoms in total. The molecule has 2 aromatic heterocycles. The summed E-state index contributed by atoms with van der Waals surface area (Å²) >= 11 is 1.60. The van der Waals surface area contributed by atoms with E-state index in [0.29, 0.717) is 0 Å². The first kappa shape index (κ1) is 15.6. The fraction of sp³-hybridized carbons (Fsp3) is 0.625. The largest absolute Gasteiger partial charge is 0.376 e. The normalized spacial score (nSPS) is 21.4. The van der Waals surface area contributed by atoms with Gasteiger partial charge in [-0.2, -0.15) is 0 Å². The molecular formula is C16H23N3O2S. The molecule has 0 radical (unpaired) electrons. The first-order chi connectivity index (χ1) is 10.5. The van der Waals surface area contributed by atoms with Crippen LogP contribution in [-0.2, 0) is 4.74 Å². The smallest absolute Gasteiger partial charge is 0.259 e. The monoisotopic (exact) mass is 321 g/mol. The average Bonchev–Trinajstić information content (AvgIpc) is 2.81. The van der Waals surface area contributed by atoms with Gasteiger partial charge >= 0.3 is 0 Å². The fourth-order valence-corrected chi connectivity index (χ4v) is 4.02. The molecule has 0 bridgehead atoms. The summed E-state index contributed by atoms with van der Waals surface area (Å²) in [5.74, 6) is 0.760. The third-order valence-electron chi connectivity index (χ3n) is 4.63. The van der Waals surface area contributed by atoms with Gasteiger partial charge in [-0.3, -0.25) is 9.69 Å². The van der Waals surface area contributed by atoms with Gasteiger partial charge in [0.25, 0.3) is 5.56 Å². The van der Waals surface area contributed by atoms with Crippen molar-refractivity contribution in [1.29, 1.82) is 0 Å². The standard InChI is InChI=1S/C16H23N3O2S/c1-5-12-8-19(6-7-21-12)10(3)14-17-15(20)13-9(2)11(4)22-16(13)18-14/h10,12H,5-8H2,1-4H3,(H,17,18,20)/t10-,12-/m1/s1. The van der Waals surface area contributed by atoms with Crippen LogP contribution >= 0.6 is 11.3 Å². The Bertz CT molecular complexity index is 737. The maximum Gasteiger partial charge on any atom is 0.259 e. The van der Waals surface area contributed by atoms with E-state index in [1.54, 1.807) is 11.3 Å². The zero-order valence-corrected chi connectivity index (χ0v) is 14.4. The van der Waals surface area contributed by atoms with E-state index in [-0.39, 0.29) is 17.7 Å². The van der Waals surface area contributed by atoms with Crippen LogP contribution in [0.2, 0.25) is 0 Å². The number of morpholine rings is 1. The molecule has 6 heteroatoms. The Balaban J connectivity index is 1.94. The highest BCUT2D eigenvalue weighted by Gasteiger charge is 2.26. The van der Waals surface area contributed by atoms with Crippen molar-refractivity contribution in [1.82, 2.24) is 14.9 Å². The molecule has 22 heavy (non-hydrogen) atoms. The van der Waals surface area contributed by atoms with Crippen molar-refractivity contribution < 1.29 is 4.74 Å². The molecule has 1 aliphatic heterocycles. The number of hydrogen-bond donors (Lipinski definition) is 1. The molecule has 1 fully saturated rings. The van der Waals surface area contributed by atoms with Crippen LogP contribution in [0.4, 0.5) is 0 Å². The van der Waals surface area contributed by atoms with E-state index in [9.17, 15) is 4.79 Å². The van der Waals surface area contributed by atoms with Crippen molar-refractivity contribution >= 4 is 21.6 Å². The molecule has 120 valence electrons. The van der Waals surface area contributed by atoms with Gasteiger partial charge in [-0.05, 0) is 32.8 Å². The summed E-state index contributed by atoms with van der Waals surface area (Å²) in [6.07, 6.45) is 1.29. The molecule has 0 amide bonds. The van der Waals surface area contributed by atoms with Gasteiger partial charge in [0.05, 0.1) is 24.1 Å². The van der Waals surface area contributed by atoms with Crippen LogP contribution in [-0.4, -0.2) is 40.7 Å². The number of rotatable bonds is 3. The second-order valence-corrected chi connectivity index (χ2v) is 7.19. The fourth-order valence-electron chi connectivity index (χ4n) is 2.98. The van der Waals surface area contributed by atoms with Crippen molar-refractivity contribution in [2.45, 2.75) is 46.3 Å². The van der Waals surface area contributed by atoms with E-state index >= 15 is 0 Å². The number of hydrogen-bond acceptors (Lipinski definition) is 5. The number of fused-ring (bicyclic) bond motifs is 1. The van der Waals surface area contributed by atoms with E-state index < -0.39 is 0 Å². The molecule has 0 spiro atoms. The van der Waals surface area contributed by atoms with Gasteiger partial charge in [0.2, 0.25) is 0 Å². The van der Waals surface area contributed by atoms with Crippen molar-refractivity contribution in [3.05, 3.63) is 26.6 Å². The molecule has 1 aliphatic rings. The number of thiophene rings is 1. The minimum atomic E-state index is -0.0194. The van der Waals surface area contributed by atoms with Crippen molar-refractivity contribution in [2.24, 2.45) is 0 Å². The highest BCUT2D eigenvalue weighted by Crippen LogP contribution is 2.28. The molecule has 3 heterocycles. The molecule has 1 N–H and O–H groups in total. The van der Waals surface area contributed by atoms with Gasteiger partial charge in [-0.1, -0.05) is 6.92 Å². The van der Waals surface area contributed by atoms with Gasteiger partial charge in [-0.25, -0.2) is 4.98 Å². The number of aromatic amines is 1. The number of aryl methyl sites for hydroxylation is 2. The Morgan fingerprint density at radius 2 is 2.27 bits per heavy atom. The minimum Gasteiger partial charge on any atom is -0.376 e. The molecular weight excluding hydrogens is 298 g/mol. The molecule has 2 atom stereocenters. The number of H-pyrrole nitrogens is 1. The lowest BCUT2D eigenvalue weighted by molar-refractivity contribution is -0.0435. The van der Waals surface area contributed by atoms with Crippen LogP contribution in [0.3, 0.4) is 0 Å². The Morgan fingerprint density at radius 1 is 1.50 bits per heavy atom. The zero-order chi connectivity index (χ0) is 15.9. The second kappa shape index (κ2) is 6.10. The third kappa shape index (κ3) is 2.71.